The molecule has 0 saturated carbocycles. The summed E-state index contributed by atoms with van der Waals surface area (Å²) in [7, 11) is 4.20. The number of likely N-dealkylation sites (tertiary alicyclic amines) is 1. The van der Waals surface area contributed by atoms with Crippen LogP contribution >= 0.6 is 24.8 Å². The van der Waals surface area contributed by atoms with Crippen molar-refractivity contribution in [3.05, 3.63) is 0 Å². The maximum absolute atomic E-state index is 12.0. The zero-order valence-corrected chi connectivity index (χ0v) is 13.4. The van der Waals surface area contributed by atoms with Crippen LogP contribution < -0.4 is 5.73 Å². The standard InChI is InChI=1S/C12H25N3O.2ClH/c1-9(2)11(13)12(16)15-7-5-10(6-8-15)14(3)4;;/h9-11H,5-8,13H2,1-4H3;2*1H/t11-;;/m1../s1. The van der Waals surface area contributed by atoms with Crippen molar-refractivity contribution < 1.29 is 4.79 Å². The van der Waals surface area contributed by atoms with Crippen molar-refractivity contribution in [3.8, 4) is 0 Å². The minimum atomic E-state index is -0.337. The molecule has 0 unspecified atom stereocenters. The van der Waals surface area contributed by atoms with Crippen molar-refractivity contribution in [2.24, 2.45) is 11.7 Å². The van der Waals surface area contributed by atoms with E-state index in [0.717, 1.165) is 25.9 Å². The van der Waals surface area contributed by atoms with Crippen LogP contribution in [0, 0.1) is 5.92 Å². The Morgan fingerprint density at radius 2 is 1.67 bits per heavy atom. The maximum atomic E-state index is 12.0. The summed E-state index contributed by atoms with van der Waals surface area (Å²) in [6.07, 6.45) is 2.12. The third kappa shape index (κ3) is 5.31. The van der Waals surface area contributed by atoms with Gasteiger partial charge in [-0.05, 0) is 32.9 Å². The first kappa shape index (κ1) is 20.3. The van der Waals surface area contributed by atoms with E-state index >= 15 is 0 Å². The smallest absolute Gasteiger partial charge is 0.239 e. The summed E-state index contributed by atoms with van der Waals surface area (Å²) in [6, 6.07) is 0.273. The highest BCUT2D eigenvalue weighted by molar-refractivity contribution is 5.85. The van der Waals surface area contributed by atoms with Crippen LogP contribution in [0.3, 0.4) is 0 Å². The largest absolute Gasteiger partial charge is 0.341 e. The van der Waals surface area contributed by atoms with E-state index in [1.165, 1.54) is 0 Å². The molecule has 1 rings (SSSR count). The van der Waals surface area contributed by atoms with Gasteiger partial charge in [-0.25, -0.2) is 0 Å². The molecule has 1 atom stereocenters. The number of nitrogens with two attached hydrogens (primary N) is 1. The van der Waals surface area contributed by atoms with Gasteiger partial charge in [0.05, 0.1) is 6.04 Å². The van der Waals surface area contributed by atoms with Gasteiger partial charge < -0.3 is 15.5 Å². The van der Waals surface area contributed by atoms with Gasteiger partial charge in [-0.15, -0.1) is 24.8 Å². The van der Waals surface area contributed by atoms with Crippen LogP contribution in [-0.4, -0.2) is 55.0 Å². The normalized spacial score (nSPS) is 18.3. The first-order valence-electron chi connectivity index (χ1n) is 6.14. The molecule has 0 aromatic rings. The van der Waals surface area contributed by atoms with E-state index in [1.54, 1.807) is 0 Å². The highest BCUT2D eigenvalue weighted by Crippen LogP contribution is 2.15. The molecule has 1 aliphatic rings. The van der Waals surface area contributed by atoms with Crippen LogP contribution in [0.25, 0.3) is 0 Å². The van der Waals surface area contributed by atoms with Crippen LogP contribution in [0.15, 0.2) is 0 Å². The van der Waals surface area contributed by atoms with E-state index in [9.17, 15) is 4.79 Å². The second kappa shape index (κ2) is 8.97. The summed E-state index contributed by atoms with van der Waals surface area (Å²) in [5, 5.41) is 0. The van der Waals surface area contributed by atoms with Crippen molar-refractivity contribution in [2.45, 2.75) is 38.8 Å². The zero-order chi connectivity index (χ0) is 12.3. The number of hydrogen-bond acceptors (Lipinski definition) is 3. The zero-order valence-electron chi connectivity index (χ0n) is 11.8. The number of carbonyl (C=O) groups excluding carboxylic acids is 1. The quantitative estimate of drug-likeness (QED) is 0.856. The molecule has 110 valence electrons. The van der Waals surface area contributed by atoms with E-state index in [-0.39, 0.29) is 42.7 Å². The van der Waals surface area contributed by atoms with Crippen LogP contribution in [0.5, 0.6) is 0 Å². The van der Waals surface area contributed by atoms with Crippen LogP contribution in [-0.2, 0) is 4.79 Å². The molecular formula is C12H27Cl2N3O. The Kier molecular flexibility index (Phi) is 10.1. The fraction of sp³-hybridized carbons (Fsp3) is 0.917. The Hall–Kier alpha value is -0.0300. The molecule has 1 aliphatic heterocycles. The summed E-state index contributed by atoms with van der Waals surface area (Å²) in [5.41, 5.74) is 5.88. The molecule has 6 heteroatoms. The first-order chi connectivity index (χ1) is 7.43. The van der Waals surface area contributed by atoms with Gasteiger partial charge in [0.1, 0.15) is 0 Å². The Bertz CT molecular complexity index is 241. The highest BCUT2D eigenvalue weighted by atomic mass is 35.5. The van der Waals surface area contributed by atoms with Gasteiger partial charge in [-0.2, -0.15) is 0 Å². The van der Waals surface area contributed by atoms with Crippen molar-refractivity contribution in [1.82, 2.24) is 9.80 Å². The van der Waals surface area contributed by atoms with Crippen LogP contribution in [0.1, 0.15) is 26.7 Å². The minimum Gasteiger partial charge on any atom is -0.341 e. The minimum absolute atomic E-state index is 0. The summed E-state index contributed by atoms with van der Waals surface area (Å²) >= 11 is 0. The Morgan fingerprint density at radius 3 is 2.00 bits per heavy atom. The molecule has 0 radical (unpaired) electrons. The number of carbonyl (C=O) groups is 1. The van der Waals surface area contributed by atoms with Crippen molar-refractivity contribution in [3.63, 3.8) is 0 Å². The summed E-state index contributed by atoms with van der Waals surface area (Å²) in [5.74, 6) is 0.339. The molecule has 0 bridgehead atoms. The predicted octanol–water partition coefficient (Wildman–Crippen LogP) is 1.37. The fourth-order valence-electron chi connectivity index (χ4n) is 2.10. The molecule has 18 heavy (non-hydrogen) atoms. The predicted molar refractivity (Wildman–Crippen MR) is 80.6 cm³/mol. The van der Waals surface area contributed by atoms with E-state index in [0.29, 0.717) is 6.04 Å². The highest BCUT2D eigenvalue weighted by Gasteiger charge is 2.28. The number of halogens is 2. The first-order valence-corrected chi connectivity index (χ1v) is 6.14. The van der Waals surface area contributed by atoms with E-state index in [4.69, 9.17) is 5.73 Å². The number of nitrogens with zero attached hydrogens (tertiary/aromatic N) is 2. The number of piperidine rings is 1. The lowest BCUT2D eigenvalue weighted by molar-refractivity contribution is -0.135. The maximum Gasteiger partial charge on any atom is 0.239 e. The second-order valence-electron chi connectivity index (χ2n) is 5.29. The lowest BCUT2D eigenvalue weighted by atomic mass is 10.00. The van der Waals surface area contributed by atoms with Gasteiger partial charge in [0.15, 0.2) is 0 Å². The molecule has 0 aliphatic carbocycles. The monoisotopic (exact) mass is 299 g/mol. The average molecular weight is 300 g/mol. The Morgan fingerprint density at radius 1 is 1.22 bits per heavy atom. The number of rotatable bonds is 3. The number of hydrogen-bond donors (Lipinski definition) is 1. The lowest BCUT2D eigenvalue weighted by Gasteiger charge is -2.36. The molecule has 2 N–H and O–H groups in total. The van der Waals surface area contributed by atoms with E-state index in [1.807, 2.05) is 18.7 Å². The van der Waals surface area contributed by atoms with E-state index < -0.39 is 0 Å². The summed E-state index contributed by atoms with van der Waals surface area (Å²) in [4.78, 5) is 16.2. The van der Waals surface area contributed by atoms with E-state index in [2.05, 4.69) is 19.0 Å². The third-order valence-electron chi connectivity index (χ3n) is 3.51. The molecule has 0 aromatic heterocycles. The summed E-state index contributed by atoms with van der Waals surface area (Å²) < 4.78 is 0. The topological polar surface area (TPSA) is 49.6 Å². The molecule has 1 saturated heterocycles. The Labute approximate surface area is 123 Å². The molecule has 0 aromatic carbocycles. The Balaban J connectivity index is 0. The fourth-order valence-corrected chi connectivity index (χ4v) is 2.10. The van der Waals surface area contributed by atoms with Gasteiger partial charge in [-0.1, -0.05) is 13.8 Å². The van der Waals surface area contributed by atoms with Crippen LogP contribution in [0.2, 0.25) is 0 Å². The van der Waals surface area contributed by atoms with Crippen molar-refractivity contribution in [2.75, 3.05) is 27.2 Å². The average Bonchev–Trinajstić information content (AvgIpc) is 2.27. The van der Waals surface area contributed by atoms with Crippen LogP contribution in [0.4, 0.5) is 0 Å². The van der Waals surface area contributed by atoms with Gasteiger partial charge >= 0.3 is 0 Å². The van der Waals surface area contributed by atoms with Crippen molar-refractivity contribution >= 4 is 30.7 Å². The molecular weight excluding hydrogens is 273 g/mol. The third-order valence-corrected chi connectivity index (χ3v) is 3.51. The SMILES string of the molecule is CC(C)[C@@H](N)C(=O)N1CCC(N(C)C)CC1.Cl.Cl. The van der Waals surface area contributed by atoms with Gasteiger partial charge in [-0.3, -0.25) is 4.79 Å². The number of amides is 1. The molecule has 4 nitrogen and oxygen atoms in total. The molecule has 1 fully saturated rings. The summed E-state index contributed by atoms with van der Waals surface area (Å²) in [6.45, 7) is 5.69. The second-order valence-corrected chi connectivity index (χ2v) is 5.29. The molecule has 0 spiro atoms. The van der Waals surface area contributed by atoms with Crippen molar-refractivity contribution in [1.29, 1.82) is 0 Å². The van der Waals surface area contributed by atoms with Gasteiger partial charge in [0.2, 0.25) is 5.91 Å². The molecule has 1 amide bonds. The van der Waals surface area contributed by atoms with Gasteiger partial charge in [0, 0.05) is 19.1 Å². The molecule has 1 heterocycles. The van der Waals surface area contributed by atoms with Gasteiger partial charge in [0.25, 0.3) is 0 Å². The lowest BCUT2D eigenvalue weighted by Crippen LogP contribution is -2.51.